The molecule has 132 valence electrons. The zero-order valence-corrected chi connectivity index (χ0v) is 13.7. The van der Waals surface area contributed by atoms with Crippen LogP contribution in [0.5, 0.6) is 0 Å². The van der Waals surface area contributed by atoms with Crippen molar-refractivity contribution in [3.63, 3.8) is 0 Å². The Morgan fingerprint density at radius 2 is 2.00 bits per heavy atom. The van der Waals surface area contributed by atoms with Gasteiger partial charge in [0.15, 0.2) is 5.82 Å². The van der Waals surface area contributed by atoms with E-state index < -0.39 is 12.0 Å². The summed E-state index contributed by atoms with van der Waals surface area (Å²) in [5.41, 5.74) is 0.126. The summed E-state index contributed by atoms with van der Waals surface area (Å²) < 4.78 is 28.3. The highest BCUT2D eigenvalue weighted by atomic mass is 19.1. The van der Waals surface area contributed by atoms with Crippen molar-refractivity contribution in [3.05, 3.63) is 54.0 Å². The number of alkyl halides is 1. The lowest BCUT2D eigenvalue weighted by Crippen LogP contribution is -2.40. The molecule has 0 radical (unpaired) electrons. The molecule has 1 aliphatic heterocycles. The summed E-state index contributed by atoms with van der Waals surface area (Å²) in [6.07, 6.45) is 1.40. The van der Waals surface area contributed by atoms with Gasteiger partial charge in [-0.2, -0.15) is 5.10 Å². The fourth-order valence-electron chi connectivity index (χ4n) is 3.11. The van der Waals surface area contributed by atoms with Gasteiger partial charge in [-0.1, -0.05) is 18.2 Å². The lowest BCUT2D eigenvalue weighted by atomic mass is 9.88. The van der Waals surface area contributed by atoms with Crippen LogP contribution in [0.15, 0.2) is 42.6 Å². The van der Waals surface area contributed by atoms with Crippen LogP contribution in [0.4, 0.5) is 14.6 Å². The van der Waals surface area contributed by atoms with Crippen molar-refractivity contribution in [1.82, 2.24) is 15.1 Å². The van der Waals surface area contributed by atoms with E-state index in [4.69, 9.17) is 0 Å². The highest BCUT2D eigenvalue weighted by Crippen LogP contribution is 2.34. The maximum absolute atomic E-state index is 14.6. The minimum atomic E-state index is -1.31. The number of anilines is 1. The molecule has 2 aromatic rings. The lowest BCUT2D eigenvalue weighted by molar-refractivity contribution is -0.117. The van der Waals surface area contributed by atoms with Crippen molar-refractivity contribution in [3.8, 4) is 0 Å². The SMILES string of the molecule is O=C(CN1CCC(C(F)c2ccccc2F)CC1)Nc1cccnn1. The van der Waals surface area contributed by atoms with Crippen LogP contribution in [0, 0.1) is 11.7 Å². The van der Waals surface area contributed by atoms with E-state index in [1.165, 1.54) is 18.3 Å². The van der Waals surface area contributed by atoms with Crippen LogP contribution in [0.3, 0.4) is 0 Å². The zero-order chi connectivity index (χ0) is 17.6. The molecule has 7 heteroatoms. The summed E-state index contributed by atoms with van der Waals surface area (Å²) in [4.78, 5) is 14.0. The Hall–Kier alpha value is -2.41. The van der Waals surface area contributed by atoms with Crippen LogP contribution in [0.1, 0.15) is 24.6 Å². The summed E-state index contributed by atoms with van der Waals surface area (Å²) in [7, 11) is 0. The van der Waals surface area contributed by atoms with Crippen molar-refractivity contribution in [2.45, 2.75) is 19.0 Å². The molecule has 2 heterocycles. The quantitative estimate of drug-likeness (QED) is 0.904. The maximum atomic E-state index is 14.6. The van der Waals surface area contributed by atoms with Crippen LogP contribution in [-0.2, 0) is 4.79 Å². The predicted octanol–water partition coefficient (Wildman–Crippen LogP) is 2.98. The average Bonchev–Trinajstić information content (AvgIpc) is 2.63. The van der Waals surface area contributed by atoms with E-state index in [1.54, 1.807) is 24.3 Å². The first-order chi connectivity index (χ1) is 12.1. The molecule has 1 aromatic heterocycles. The zero-order valence-electron chi connectivity index (χ0n) is 13.7. The van der Waals surface area contributed by atoms with E-state index in [0.717, 1.165) is 0 Å². The van der Waals surface area contributed by atoms with E-state index in [0.29, 0.717) is 31.7 Å². The fourth-order valence-corrected chi connectivity index (χ4v) is 3.11. The van der Waals surface area contributed by atoms with Gasteiger partial charge >= 0.3 is 0 Å². The van der Waals surface area contributed by atoms with Crippen molar-refractivity contribution >= 4 is 11.7 Å². The largest absolute Gasteiger partial charge is 0.308 e. The Labute approximate surface area is 145 Å². The molecule has 1 fully saturated rings. The van der Waals surface area contributed by atoms with Crippen LogP contribution in [-0.4, -0.2) is 40.6 Å². The number of hydrogen-bond donors (Lipinski definition) is 1. The molecule has 0 aliphatic carbocycles. The van der Waals surface area contributed by atoms with Crippen LogP contribution in [0.2, 0.25) is 0 Å². The van der Waals surface area contributed by atoms with Crippen LogP contribution in [0.25, 0.3) is 0 Å². The molecule has 1 N–H and O–H groups in total. The number of carbonyl (C=O) groups is 1. The molecule has 1 unspecified atom stereocenters. The van der Waals surface area contributed by atoms with Crippen molar-refractivity contribution in [1.29, 1.82) is 0 Å². The predicted molar refractivity (Wildman–Crippen MR) is 90.1 cm³/mol. The number of carbonyl (C=O) groups excluding carboxylic acids is 1. The summed E-state index contributed by atoms with van der Waals surface area (Å²) >= 11 is 0. The minimum absolute atomic E-state index is 0.126. The number of nitrogens with zero attached hydrogens (tertiary/aromatic N) is 3. The van der Waals surface area contributed by atoms with Gasteiger partial charge in [-0.05, 0) is 50.0 Å². The molecule has 0 bridgehead atoms. The number of benzene rings is 1. The number of halogens is 2. The molecule has 1 saturated heterocycles. The number of rotatable bonds is 5. The molecular weight excluding hydrogens is 326 g/mol. The highest BCUT2D eigenvalue weighted by molar-refractivity contribution is 5.91. The Morgan fingerprint density at radius 3 is 2.68 bits per heavy atom. The van der Waals surface area contributed by atoms with Crippen molar-refractivity contribution < 1.29 is 13.6 Å². The van der Waals surface area contributed by atoms with E-state index >= 15 is 0 Å². The van der Waals surface area contributed by atoms with E-state index in [1.807, 2.05) is 4.90 Å². The maximum Gasteiger partial charge on any atom is 0.239 e. The molecule has 5 nitrogen and oxygen atoms in total. The van der Waals surface area contributed by atoms with Crippen LogP contribution >= 0.6 is 0 Å². The van der Waals surface area contributed by atoms with Gasteiger partial charge in [-0.15, -0.1) is 5.10 Å². The highest BCUT2D eigenvalue weighted by Gasteiger charge is 2.29. The lowest BCUT2D eigenvalue weighted by Gasteiger charge is -2.33. The molecule has 1 aliphatic rings. The van der Waals surface area contributed by atoms with Crippen molar-refractivity contribution in [2.75, 3.05) is 25.0 Å². The number of nitrogens with one attached hydrogen (secondary N) is 1. The third-order valence-electron chi connectivity index (χ3n) is 4.46. The smallest absolute Gasteiger partial charge is 0.239 e. The topological polar surface area (TPSA) is 58.1 Å². The summed E-state index contributed by atoms with van der Waals surface area (Å²) in [5.74, 6) is -0.493. The van der Waals surface area contributed by atoms with Gasteiger partial charge in [0.05, 0.1) is 6.54 Å². The average molecular weight is 346 g/mol. The van der Waals surface area contributed by atoms with Gasteiger partial charge in [0, 0.05) is 11.8 Å². The first-order valence-electron chi connectivity index (χ1n) is 8.32. The van der Waals surface area contributed by atoms with Gasteiger partial charge in [0.25, 0.3) is 0 Å². The Bertz CT molecular complexity index is 705. The van der Waals surface area contributed by atoms with E-state index in [-0.39, 0.29) is 23.9 Å². The second-order valence-electron chi connectivity index (χ2n) is 6.19. The Kier molecular flexibility index (Phi) is 5.65. The third-order valence-corrected chi connectivity index (χ3v) is 4.46. The van der Waals surface area contributed by atoms with Gasteiger partial charge in [-0.3, -0.25) is 9.69 Å². The number of aromatic nitrogens is 2. The molecule has 1 atom stereocenters. The number of amides is 1. The fraction of sp³-hybridized carbons (Fsp3) is 0.389. The molecule has 0 spiro atoms. The Morgan fingerprint density at radius 1 is 1.24 bits per heavy atom. The molecular formula is C18H20F2N4O. The minimum Gasteiger partial charge on any atom is -0.308 e. The van der Waals surface area contributed by atoms with Gasteiger partial charge in [0.2, 0.25) is 5.91 Å². The normalized spacial score (nSPS) is 17.2. The first kappa shape index (κ1) is 17.4. The molecule has 1 amide bonds. The summed E-state index contributed by atoms with van der Waals surface area (Å²) in [6, 6.07) is 9.35. The molecule has 0 saturated carbocycles. The first-order valence-corrected chi connectivity index (χ1v) is 8.32. The monoisotopic (exact) mass is 346 g/mol. The number of hydrogen-bond acceptors (Lipinski definition) is 4. The van der Waals surface area contributed by atoms with E-state index in [9.17, 15) is 13.6 Å². The molecule has 3 rings (SSSR count). The standard InChI is InChI=1S/C18H20F2N4O/c19-15-5-2-1-4-14(15)18(20)13-7-10-24(11-8-13)12-17(25)22-16-6-3-9-21-23-16/h1-6,9,13,18H,7-8,10-12H2,(H,22,23,25). The second-order valence-corrected chi connectivity index (χ2v) is 6.19. The number of likely N-dealkylation sites (tertiary alicyclic amines) is 1. The third kappa shape index (κ3) is 4.57. The summed E-state index contributed by atoms with van der Waals surface area (Å²) in [5, 5.41) is 10.2. The molecule has 25 heavy (non-hydrogen) atoms. The Balaban J connectivity index is 1.48. The van der Waals surface area contributed by atoms with Gasteiger partial charge in [0.1, 0.15) is 12.0 Å². The number of piperidine rings is 1. The second kappa shape index (κ2) is 8.11. The summed E-state index contributed by atoms with van der Waals surface area (Å²) in [6.45, 7) is 1.43. The van der Waals surface area contributed by atoms with Gasteiger partial charge in [-0.25, -0.2) is 8.78 Å². The van der Waals surface area contributed by atoms with Crippen LogP contribution < -0.4 is 5.32 Å². The van der Waals surface area contributed by atoms with E-state index in [2.05, 4.69) is 15.5 Å². The molecule has 1 aromatic carbocycles. The van der Waals surface area contributed by atoms with Gasteiger partial charge < -0.3 is 5.32 Å². The van der Waals surface area contributed by atoms with Crippen molar-refractivity contribution in [2.24, 2.45) is 5.92 Å².